The number of ether oxygens (including phenoxy) is 1. The first-order valence-electron chi connectivity index (χ1n) is 8.71. The van der Waals surface area contributed by atoms with Crippen molar-refractivity contribution < 1.29 is 67.7 Å². The van der Waals surface area contributed by atoms with Gasteiger partial charge in [-0.1, -0.05) is 80.6 Å². The van der Waals surface area contributed by atoms with E-state index in [-0.39, 0.29) is 64.2 Å². The molecule has 2 nitrogen and oxygen atoms in total. The van der Waals surface area contributed by atoms with Gasteiger partial charge in [0.2, 0.25) is 0 Å². The Hall–Kier alpha value is 1.15. The minimum Gasteiger partial charge on any atom is -0.488 e. The quantitative estimate of drug-likeness (QED) is 0.557. The van der Waals surface area contributed by atoms with Crippen LogP contribution in [0.1, 0.15) is 101 Å². The number of rotatable bonds is 3. The van der Waals surface area contributed by atoms with Gasteiger partial charge in [-0.2, -0.15) is 13.3 Å². The molecule has 0 aliphatic heterocycles. The number of carbonyl (C=O) groups is 1. The molecule has 0 spiro atoms. The molecule has 1 aliphatic rings. The third kappa shape index (κ3) is 33.8. The third-order valence-corrected chi connectivity index (χ3v) is 2.40. The summed E-state index contributed by atoms with van der Waals surface area (Å²) in [6, 6.07) is 0. The van der Waals surface area contributed by atoms with Crippen molar-refractivity contribution in [2.75, 3.05) is 6.61 Å². The van der Waals surface area contributed by atoms with E-state index in [0.717, 1.165) is 12.3 Å². The van der Waals surface area contributed by atoms with Crippen LogP contribution in [0.5, 0.6) is 0 Å². The van der Waals surface area contributed by atoms with Crippen molar-refractivity contribution in [2.45, 2.75) is 101 Å². The molecule has 126 valence electrons. The van der Waals surface area contributed by atoms with Crippen molar-refractivity contribution in [2.24, 2.45) is 0 Å². The number of carbonyl (C=O) groups excluding carboxylic acids is 1. The van der Waals surface area contributed by atoms with E-state index < -0.39 is 0 Å². The summed E-state index contributed by atoms with van der Waals surface area (Å²) in [4.78, 5) is 10.7. The first kappa shape index (κ1) is 33.7. The Bertz CT molecular complexity index is 139. The smallest absolute Gasteiger partial charge is 0.488 e. The van der Waals surface area contributed by atoms with Gasteiger partial charge in [-0.25, -0.2) is 0 Å². The zero-order valence-electron chi connectivity index (χ0n) is 16.8. The van der Waals surface area contributed by atoms with E-state index in [1.165, 1.54) is 32.1 Å². The molecule has 0 unspecified atom stereocenters. The largest absolute Gasteiger partial charge is 1.00 e. The average Bonchev–Trinajstić information content (AvgIpc) is 3.12. The molecular formula is C18H41O2Rb. The van der Waals surface area contributed by atoms with E-state index >= 15 is 0 Å². The minimum absolute atomic E-state index is 0. The van der Waals surface area contributed by atoms with Crippen molar-refractivity contribution >= 4 is 5.97 Å². The predicted octanol–water partition coefficient (Wildman–Crippen LogP) is 3.59. The van der Waals surface area contributed by atoms with Crippen LogP contribution in [-0.2, 0) is 9.53 Å². The minimum atomic E-state index is -0.167. The van der Waals surface area contributed by atoms with E-state index in [9.17, 15) is 4.79 Å². The summed E-state index contributed by atoms with van der Waals surface area (Å²) in [6.45, 7) is 18.0. The molecule has 0 N–H and O–H groups in total. The predicted molar refractivity (Wildman–Crippen MR) is 93.0 cm³/mol. The van der Waals surface area contributed by atoms with Crippen LogP contribution >= 0.6 is 0 Å². The molecule has 21 heavy (non-hydrogen) atoms. The molecule has 1 fully saturated rings. The molecule has 3 heteroatoms. The van der Waals surface area contributed by atoms with Gasteiger partial charge >= 0.3 is 58.2 Å². The maximum Gasteiger partial charge on any atom is 1.00 e. The fourth-order valence-corrected chi connectivity index (χ4v) is 1.28. The Balaban J connectivity index is -0.0000000606. The molecule has 0 heterocycles. The van der Waals surface area contributed by atoms with Gasteiger partial charge in [-0.05, 0) is 6.92 Å². The van der Waals surface area contributed by atoms with Gasteiger partial charge in [-0.3, -0.25) is 10.7 Å². The number of esters is 1. The second kappa shape index (κ2) is 37.4. The van der Waals surface area contributed by atoms with Gasteiger partial charge in [0.25, 0.3) is 0 Å². The topological polar surface area (TPSA) is 26.3 Å². The molecule has 1 aliphatic carbocycles. The molecule has 1 saturated carbocycles. The molecule has 0 bridgehead atoms. The first-order valence-corrected chi connectivity index (χ1v) is 8.71. The Morgan fingerprint density at radius 2 is 1.14 bits per heavy atom. The van der Waals surface area contributed by atoms with Gasteiger partial charge in [0.1, 0.15) is 0 Å². The van der Waals surface area contributed by atoms with Crippen LogP contribution in [0.4, 0.5) is 0 Å². The fourth-order valence-electron chi connectivity index (χ4n) is 1.28. The van der Waals surface area contributed by atoms with Crippen LogP contribution in [-0.4, -0.2) is 12.6 Å². The van der Waals surface area contributed by atoms with Crippen LogP contribution in [0.2, 0.25) is 0 Å². The maximum atomic E-state index is 10.7. The zero-order valence-corrected chi connectivity index (χ0v) is 21.7. The molecule has 0 radical (unpaired) electrons. The van der Waals surface area contributed by atoms with Crippen LogP contribution in [0.15, 0.2) is 0 Å². The van der Waals surface area contributed by atoms with E-state index in [2.05, 4.69) is 0 Å². The summed E-state index contributed by atoms with van der Waals surface area (Å²) in [5.41, 5.74) is 0. The summed E-state index contributed by atoms with van der Waals surface area (Å²) in [7, 11) is 0. The molecule has 0 atom stereocenters. The second-order valence-corrected chi connectivity index (χ2v) is 3.62. The second-order valence-electron chi connectivity index (χ2n) is 3.62. The SMILES string of the molecule is C1CCCC1.CC.CC.CC.CCOC(=O)[C-](C)CC.[Rb+]. The average molecular weight is 375 g/mol. The van der Waals surface area contributed by atoms with E-state index in [1.54, 1.807) is 13.8 Å². The van der Waals surface area contributed by atoms with Crippen molar-refractivity contribution in [3.63, 3.8) is 0 Å². The Morgan fingerprint density at radius 3 is 1.33 bits per heavy atom. The fraction of sp³-hybridized carbons (Fsp3) is 0.889. The molecule has 1 rings (SSSR count). The molecule has 0 saturated heterocycles. The molecule has 0 aromatic heterocycles. The summed E-state index contributed by atoms with van der Waals surface area (Å²) in [5.74, 6) is 0.622. The monoisotopic (exact) mass is 374 g/mol. The zero-order chi connectivity index (χ0) is 16.8. The van der Waals surface area contributed by atoms with Gasteiger partial charge < -0.3 is 4.74 Å². The maximum absolute atomic E-state index is 10.7. The van der Waals surface area contributed by atoms with Gasteiger partial charge in [0.05, 0.1) is 6.61 Å². The first-order chi connectivity index (χ1) is 9.72. The van der Waals surface area contributed by atoms with Crippen molar-refractivity contribution in [3.05, 3.63) is 5.92 Å². The van der Waals surface area contributed by atoms with E-state index in [0.29, 0.717) is 6.61 Å². The summed E-state index contributed by atoms with van der Waals surface area (Å²) >= 11 is 0. The summed E-state index contributed by atoms with van der Waals surface area (Å²) in [6.07, 6.45) is 8.28. The van der Waals surface area contributed by atoms with Crippen molar-refractivity contribution in [3.8, 4) is 0 Å². The van der Waals surface area contributed by atoms with E-state index in [4.69, 9.17) is 4.74 Å². The summed E-state index contributed by atoms with van der Waals surface area (Å²) in [5, 5.41) is 0. The molecule has 0 aromatic rings. The standard InChI is InChI=1S/C7H13O2.C5H10.3C2H6.Rb/c1-4-6(3)7(8)9-5-2;1-2-4-5-3-1;3*1-2;/h4-5H2,1-3H3;1-5H2;3*1-2H3;/q-1;;;;;+1. The van der Waals surface area contributed by atoms with E-state index in [1.807, 2.05) is 48.5 Å². The van der Waals surface area contributed by atoms with Crippen LogP contribution in [0.3, 0.4) is 0 Å². The van der Waals surface area contributed by atoms with Crippen molar-refractivity contribution in [1.29, 1.82) is 0 Å². The Morgan fingerprint density at radius 1 is 0.857 bits per heavy atom. The van der Waals surface area contributed by atoms with Crippen LogP contribution in [0, 0.1) is 5.92 Å². The normalized spacial score (nSPS) is 10.3. The number of hydrogen-bond acceptors (Lipinski definition) is 2. The third-order valence-electron chi connectivity index (χ3n) is 2.40. The van der Waals surface area contributed by atoms with Gasteiger partial charge in [0.15, 0.2) is 5.97 Å². The molecule has 0 aromatic carbocycles. The van der Waals surface area contributed by atoms with Crippen molar-refractivity contribution in [1.82, 2.24) is 0 Å². The summed E-state index contributed by atoms with van der Waals surface area (Å²) < 4.78 is 4.72. The van der Waals surface area contributed by atoms with Gasteiger partial charge in [0, 0.05) is 0 Å². The Kier molecular flexibility index (Phi) is 60.0. The van der Waals surface area contributed by atoms with Gasteiger partial charge in [-0.15, -0.1) is 0 Å². The number of hydrogen-bond donors (Lipinski definition) is 0. The van der Waals surface area contributed by atoms with Crippen LogP contribution in [0.25, 0.3) is 0 Å². The molecular weight excluding hydrogens is 334 g/mol. The molecule has 0 amide bonds. The van der Waals surface area contributed by atoms with Crippen LogP contribution < -0.4 is 58.2 Å². The Labute approximate surface area is 185 Å².